The molecule has 1 aromatic rings. The highest BCUT2D eigenvalue weighted by Crippen LogP contribution is 2.40. The topological polar surface area (TPSA) is 64.4 Å². The fourth-order valence-electron chi connectivity index (χ4n) is 2.71. The summed E-state index contributed by atoms with van der Waals surface area (Å²) in [4.78, 5) is 11.7. The summed E-state index contributed by atoms with van der Waals surface area (Å²) in [5, 5.41) is 14.5. The van der Waals surface area contributed by atoms with Gasteiger partial charge < -0.3 is 9.84 Å². The smallest absolute Gasteiger partial charge is 0.312 e. The van der Waals surface area contributed by atoms with Gasteiger partial charge in [0.05, 0.1) is 22.5 Å². The van der Waals surface area contributed by atoms with E-state index < -0.39 is 11.4 Å². The SMILES string of the molecule is CCn1nc(C)c(Cl)c1CC1(C(=O)O)CCOC1C. The molecule has 1 fully saturated rings. The normalized spacial score (nSPS) is 26.8. The predicted octanol–water partition coefficient (Wildman–Crippen LogP) is 2.29. The van der Waals surface area contributed by atoms with Crippen molar-refractivity contribution in [1.29, 1.82) is 0 Å². The predicted molar refractivity (Wildman–Crippen MR) is 71.5 cm³/mol. The number of hydrogen-bond acceptors (Lipinski definition) is 3. The number of carbonyl (C=O) groups is 1. The molecule has 0 radical (unpaired) electrons. The van der Waals surface area contributed by atoms with Gasteiger partial charge in [0.25, 0.3) is 0 Å². The second-order valence-electron chi connectivity index (χ2n) is 5.06. The van der Waals surface area contributed by atoms with Gasteiger partial charge in [-0.15, -0.1) is 0 Å². The monoisotopic (exact) mass is 286 g/mol. The summed E-state index contributed by atoms with van der Waals surface area (Å²) in [6, 6.07) is 0. The first-order valence-corrected chi connectivity index (χ1v) is 6.87. The standard InChI is InChI=1S/C13H19ClN2O3/c1-4-16-10(11(14)8(2)15-16)7-13(12(17)18)5-6-19-9(13)3/h9H,4-7H2,1-3H3,(H,17,18). The zero-order valence-corrected chi connectivity index (χ0v) is 12.2. The van der Waals surface area contributed by atoms with Crippen LogP contribution in [0, 0.1) is 12.3 Å². The molecule has 1 aliphatic rings. The van der Waals surface area contributed by atoms with E-state index in [-0.39, 0.29) is 6.10 Å². The molecule has 1 N–H and O–H groups in total. The molecule has 2 rings (SSSR count). The average molecular weight is 287 g/mol. The summed E-state index contributed by atoms with van der Waals surface area (Å²) in [6.07, 6.45) is 0.548. The molecule has 106 valence electrons. The zero-order valence-electron chi connectivity index (χ0n) is 11.4. The Morgan fingerprint density at radius 3 is 2.84 bits per heavy atom. The van der Waals surface area contributed by atoms with Gasteiger partial charge in [0.2, 0.25) is 0 Å². The van der Waals surface area contributed by atoms with Crippen molar-refractivity contribution in [2.45, 2.75) is 46.3 Å². The minimum Gasteiger partial charge on any atom is -0.481 e. The van der Waals surface area contributed by atoms with E-state index in [1.54, 1.807) is 4.68 Å². The van der Waals surface area contributed by atoms with E-state index in [0.29, 0.717) is 31.0 Å². The zero-order chi connectivity index (χ0) is 14.2. The molecule has 0 saturated carbocycles. The number of ether oxygens (including phenoxy) is 1. The van der Waals surface area contributed by atoms with E-state index in [2.05, 4.69) is 5.10 Å². The van der Waals surface area contributed by atoms with Crippen molar-refractivity contribution in [2.24, 2.45) is 5.41 Å². The van der Waals surface area contributed by atoms with Gasteiger partial charge in [0.15, 0.2) is 0 Å². The van der Waals surface area contributed by atoms with Crippen LogP contribution in [0.15, 0.2) is 0 Å². The van der Waals surface area contributed by atoms with Crippen LogP contribution in [0.25, 0.3) is 0 Å². The van der Waals surface area contributed by atoms with Gasteiger partial charge in [0, 0.05) is 19.6 Å². The van der Waals surface area contributed by atoms with E-state index in [1.807, 2.05) is 20.8 Å². The minimum atomic E-state index is -0.900. The molecule has 0 spiro atoms. The highest BCUT2D eigenvalue weighted by Gasteiger charge is 2.49. The number of aryl methyl sites for hydroxylation is 2. The van der Waals surface area contributed by atoms with Crippen LogP contribution < -0.4 is 0 Å². The number of carboxylic acid groups (broad SMARTS) is 1. The van der Waals surface area contributed by atoms with E-state index in [4.69, 9.17) is 16.3 Å². The van der Waals surface area contributed by atoms with Crippen LogP contribution >= 0.6 is 11.6 Å². The Morgan fingerprint density at radius 2 is 2.37 bits per heavy atom. The fraction of sp³-hybridized carbons (Fsp3) is 0.692. The summed E-state index contributed by atoms with van der Waals surface area (Å²) in [6.45, 7) is 6.76. The number of aromatic nitrogens is 2. The van der Waals surface area contributed by atoms with Crippen LogP contribution in [-0.2, 0) is 22.5 Å². The number of aliphatic carboxylic acids is 1. The first kappa shape index (κ1) is 14.3. The van der Waals surface area contributed by atoms with Crippen LogP contribution in [0.1, 0.15) is 31.7 Å². The summed E-state index contributed by atoms with van der Waals surface area (Å²) in [5.74, 6) is -0.824. The Bertz CT molecular complexity index is 500. The molecular weight excluding hydrogens is 268 g/mol. The maximum Gasteiger partial charge on any atom is 0.312 e. The summed E-state index contributed by atoms with van der Waals surface area (Å²) in [5.41, 5.74) is 0.635. The third-order valence-corrected chi connectivity index (χ3v) is 4.55. The number of rotatable bonds is 4. The van der Waals surface area contributed by atoms with Gasteiger partial charge in [-0.2, -0.15) is 5.10 Å². The number of hydrogen-bond donors (Lipinski definition) is 1. The Balaban J connectivity index is 2.41. The summed E-state index contributed by atoms with van der Waals surface area (Å²) in [7, 11) is 0. The van der Waals surface area contributed by atoms with Crippen molar-refractivity contribution >= 4 is 17.6 Å². The maximum atomic E-state index is 11.7. The molecule has 2 atom stereocenters. The summed E-state index contributed by atoms with van der Waals surface area (Å²) >= 11 is 6.27. The number of carboxylic acids is 1. The number of nitrogens with zero attached hydrogens (tertiary/aromatic N) is 2. The van der Waals surface area contributed by atoms with E-state index in [9.17, 15) is 9.90 Å². The van der Waals surface area contributed by atoms with Crippen LogP contribution in [0.5, 0.6) is 0 Å². The molecule has 1 aliphatic heterocycles. The van der Waals surface area contributed by atoms with Gasteiger partial charge in [0.1, 0.15) is 5.41 Å². The van der Waals surface area contributed by atoms with E-state index in [0.717, 1.165) is 11.4 Å². The Hall–Kier alpha value is -1.07. The van der Waals surface area contributed by atoms with Gasteiger partial charge >= 0.3 is 5.97 Å². The average Bonchev–Trinajstić information content (AvgIpc) is 2.86. The molecule has 0 aromatic carbocycles. The maximum absolute atomic E-state index is 11.7. The van der Waals surface area contributed by atoms with Crippen molar-refractivity contribution in [3.63, 3.8) is 0 Å². The molecule has 1 aromatic heterocycles. The van der Waals surface area contributed by atoms with E-state index in [1.165, 1.54) is 0 Å². The molecule has 0 aliphatic carbocycles. The lowest BCUT2D eigenvalue weighted by Crippen LogP contribution is -2.40. The first-order chi connectivity index (χ1) is 8.92. The lowest BCUT2D eigenvalue weighted by atomic mass is 9.77. The molecule has 19 heavy (non-hydrogen) atoms. The second kappa shape index (κ2) is 5.13. The van der Waals surface area contributed by atoms with Gasteiger partial charge in [-0.05, 0) is 27.2 Å². The van der Waals surface area contributed by atoms with Crippen molar-refractivity contribution in [3.8, 4) is 0 Å². The van der Waals surface area contributed by atoms with Gasteiger partial charge in [-0.1, -0.05) is 11.6 Å². The van der Waals surface area contributed by atoms with Gasteiger partial charge in [-0.25, -0.2) is 0 Å². The van der Waals surface area contributed by atoms with Crippen molar-refractivity contribution < 1.29 is 14.6 Å². The molecular formula is C13H19ClN2O3. The van der Waals surface area contributed by atoms with Crippen LogP contribution in [-0.4, -0.2) is 33.6 Å². The van der Waals surface area contributed by atoms with Crippen LogP contribution in [0.4, 0.5) is 0 Å². The second-order valence-corrected chi connectivity index (χ2v) is 5.44. The highest BCUT2D eigenvalue weighted by molar-refractivity contribution is 6.31. The lowest BCUT2D eigenvalue weighted by molar-refractivity contribution is -0.151. The molecule has 2 unspecified atom stereocenters. The van der Waals surface area contributed by atoms with Crippen LogP contribution in [0.2, 0.25) is 5.02 Å². The minimum absolute atomic E-state index is 0.318. The Morgan fingerprint density at radius 1 is 1.68 bits per heavy atom. The molecule has 5 nitrogen and oxygen atoms in total. The Labute approximate surface area is 117 Å². The molecule has 6 heteroatoms. The quantitative estimate of drug-likeness (QED) is 0.922. The van der Waals surface area contributed by atoms with E-state index >= 15 is 0 Å². The van der Waals surface area contributed by atoms with Gasteiger partial charge in [-0.3, -0.25) is 9.48 Å². The van der Waals surface area contributed by atoms with Crippen molar-refractivity contribution in [2.75, 3.05) is 6.61 Å². The number of halogens is 1. The largest absolute Gasteiger partial charge is 0.481 e. The summed E-state index contributed by atoms with van der Waals surface area (Å²) < 4.78 is 7.25. The molecule has 0 bridgehead atoms. The van der Waals surface area contributed by atoms with Crippen LogP contribution in [0.3, 0.4) is 0 Å². The van der Waals surface area contributed by atoms with Crippen molar-refractivity contribution in [1.82, 2.24) is 9.78 Å². The first-order valence-electron chi connectivity index (χ1n) is 6.49. The molecule has 0 amide bonds. The molecule has 1 saturated heterocycles. The van der Waals surface area contributed by atoms with Crippen molar-refractivity contribution in [3.05, 3.63) is 16.4 Å². The third kappa shape index (κ3) is 2.25. The third-order valence-electron chi connectivity index (χ3n) is 4.06. The fourth-order valence-corrected chi connectivity index (χ4v) is 2.91. The lowest BCUT2D eigenvalue weighted by Gasteiger charge is -2.27. The Kier molecular flexibility index (Phi) is 3.87. The highest BCUT2D eigenvalue weighted by atomic mass is 35.5. The molecule has 2 heterocycles.